The highest BCUT2D eigenvalue weighted by Gasteiger charge is 2.17. The molecular formula is C20H20ClNO5. The summed E-state index contributed by atoms with van der Waals surface area (Å²) in [6.45, 7) is 3.89. The third kappa shape index (κ3) is 5.08. The van der Waals surface area contributed by atoms with Crippen molar-refractivity contribution >= 4 is 34.9 Å². The topological polar surface area (TPSA) is 92.7 Å². The first-order valence-corrected chi connectivity index (χ1v) is 8.62. The number of carboxylic acid groups (broad SMARTS) is 1. The van der Waals surface area contributed by atoms with E-state index in [9.17, 15) is 14.4 Å². The van der Waals surface area contributed by atoms with E-state index in [1.807, 2.05) is 26.0 Å². The van der Waals surface area contributed by atoms with Gasteiger partial charge in [0.05, 0.1) is 17.8 Å². The number of Topliss-reactive ketones (excluding diaryl/α,β-unsaturated/α-hetero) is 1. The number of hydrogen-bond donors (Lipinski definition) is 2. The quantitative estimate of drug-likeness (QED) is 0.690. The lowest BCUT2D eigenvalue weighted by Crippen LogP contribution is -2.14. The van der Waals surface area contributed by atoms with E-state index in [0.717, 1.165) is 11.1 Å². The minimum atomic E-state index is -1.19. The summed E-state index contributed by atoms with van der Waals surface area (Å²) >= 11 is 6.04. The molecule has 0 heterocycles. The van der Waals surface area contributed by atoms with E-state index in [0.29, 0.717) is 5.56 Å². The second kappa shape index (κ2) is 8.68. The number of anilines is 1. The molecule has 0 aliphatic heterocycles. The third-order valence-corrected chi connectivity index (χ3v) is 4.51. The van der Waals surface area contributed by atoms with Crippen LogP contribution in [-0.4, -0.2) is 29.9 Å². The van der Waals surface area contributed by atoms with Crippen LogP contribution in [0.2, 0.25) is 5.02 Å². The maximum absolute atomic E-state index is 12.3. The van der Waals surface area contributed by atoms with Gasteiger partial charge in [-0.3, -0.25) is 9.59 Å². The summed E-state index contributed by atoms with van der Waals surface area (Å²) in [6.07, 6.45) is 0.0291. The second-order valence-electron chi connectivity index (χ2n) is 6.11. The van der Waals surface area contributed by atoms with Crippen molar-refractivity contribution in [1.29, 1.82) is 0 Å². The molecule has 7 heteroatoms. The Kier molecular flexibility index (Phi) is 6.58. The van der Waals surface area contributed by atoms with Crippen LogP contribution in [0.1, 0.15) is 44.7 Å². The highest BCUT2D eigenvalue weighted by Crippen LogP contribution is 2.31. The normalized spacial score (nSPS) is 10.4. The van der Waals surface area contributed by atoms with E-state index in [1.54, 1.807) is 6.07 Å². The molecule has 2 N–H and O–H groups in total. The van der Waals surface area contributed by atoms with Crippen LogP contribution in [0, 0.1) is 13.8 Å². The summed E-state index contributed by atoms with van der Waals surface area (Å²) in [5.41, 5.74) is 2.80. The van der Waals surface area contributed by atoms with Gasteiger partial charge in [0.2, 0.25) is 5.91 Å². The summed E-state index contributed by atoms with van der Waals surface area (Å²) < 4.78 is 5.02. The van der Waals surface area contributed by atoms with Crippen molar-refractivity contribution in [3.05, 3.63) is 57.6 Å². The zero-order valence-corrected chi connectivity index (χ0v) is 16.0. The van der Waals surface area contributed by atoms with Crippen LogP contribution >= 0.6 is 11.6 Å². The van der Waals surface area contributed by atoms with E-state index in [4.69, 9.17) is 21.4 Å². The van der Waals surface area contributed by atoms with Crippen LogP contribution in [-0.2, 0) is 4.79 Å². The first kappa shape index (κ1) is 20.5. The van der Waals surface area contributed by atoms with Crippen molar-refractivity contribution in [2.24, 2.45) is 0 Å². The minimum absolute atomic E-state index is 0.0227. The van der Waals surface area contributed by atoms with Gasteiger partial charge in [-0.15, -0.1) is 0 Å². The van der Waals surface area contributed by atoms with Gasteiger partial charge in [-0.25, -0.2) is 4.79 Å². The van der Waals surface area contributed by atoms with Crippen LogP contribution in [0.5, 0.6) is 5.75 Å². The summed E-state index contributed by atoms with van der Waals surface area (Å²) in [6, 6.07) is 7.98. The van der Waals surface area contributed by atoms with Crippen LogP contribution in [0.15, 0.2) is 30.3 Å². The van der Waals surface area contributed by atoms with E-state index in [2.05, 4.69) is 5.32 Å². The molecular weight excluding hydrogens is 370 g/mol. The predicted octanol–water partition coefficient (Wildman–Crippen LogP) is 4.27. The maximum atomic E-state index is 12.3. The van der Waals surface area contributed by atoms with E-state index >= 15 is 0 Å². The molecule has 2 aromatic rings. The SMILES string of the molecule is COc1cc(NC(=O)CCC(=O)c2ccc(C)c(C)c2)c(Cl)cc1C(=O)O. The summed E-state index contributed by atoms with van der Waals surface area (Å²) in [4.78, 5) is 35.6. The molecule has 2 aromatic carbocycles. The average molecular weight is 390 g/mol. The zero-order chi connectivity index (χ0) is 20.1. The number of amides is 1. The smallest absolute Gasteiger partial charge is 0.339 e. The molecule has 0 unspecified atom stereocenters. The molecule has 1 amide bonds. The third-order valence-electron chi connectivity index (χ3n) is 4.20. The zero-order valence-electron chi connectivity index (χ0n) is 15.3. The first-order valence-electron chi connectivity index (χ1n) is 8.24. The predicted molar refractivity (Wildman–Crippen MR) is 103 cm³/mol. The van der Waals surface area contributed by atoms with Crippen molar-refractivity contribution in [2.75, 3.05) is 12.4 Å². The van der Waals surface area contributed by atoms with Crippen LogP contribution in [0.3, 0.4) is 0 Å². The number of ketones is 1. The molecule has 142 valence electrons. The highest BCUT2D eigenvalue weighted by molar-refractivity contribution is 6.34. The molecule has 0 spiro atoms. The largest absolute Gasteiger partial charge is 0.496 e. The summed E-state index contributed by atoms with van der Waals surface area (Å²) in [5.74, 6) is -1.64. The molecule has 0 atom stereocenters. The monoisotopic (exact) mass is 389 g/mol. The van der Waals surface area contributed by atoms with Gasteiger partial charge < -0.3 is 15.2 Å². The van der Waals surface area contributed by atoms with Gasteiger partial charge in [-0.05, 0) is 37.1 Å². The number of rotatable bonds is 7. The molecule has 0 saturated heterocycles. The standard InChI is InChI=1S/C20H20ClNO5/c1-11-4-5-13(8-12(11)2)17(23)6-7-19(24)22-16-10-18(27-3)14(20(25)26)9-15(16)21/h4-5,8-10H,6-7H2,1-3H3,(H,22,24)(H,25,26). The maximum Gasteiger partial charge on any atom is 0.339 e. The lowest BCUT2D eigenvalue weighted by molar-refractivity contribution is -0.116. The van der Waals surface area contributed by atoms with Crippen LogP contribution < -0.4 is 10.1 Å². The van der Waals surface area contributed by atoms with Crippen molar-refractivity contribution in [1.82, 2.24) is 0 Å². The first-order chi connectivity index (χ1) is 12.7. The summed E-state index contributed by atoms with van der Waals surface area (Å²) in [7, 11) is 1.32. The number of aromatic carboxylic acids is 1. The Morgan fingerprint density at radius 1 is 1.07 bits per heavy atom. The number of methoxy groups -OCH3 is 1. The molecule has 0 aliphatic carbocycles. The number of halogens is 1. The number of ether oxygens (including phenoxy) is 1. The molecule has 0 bridgehead atoms. The average Bonchev–Trinajstić information content (AvgIpc) is 2.63. The Morgan fingerprint density at radius 3 is 2.37 bits per heavy atom. The Hall–Kier alpha value is -2.86. The molecule has 0 fully saturated rings. The molecule has 0 aromatic heterocycles. The molecule has 0 aliphatic rings. The number of benzene rings is 2. The van der Waals surface area contributed by atoms with Crippen molar-refractivity contribution in [3.63, 3.8) is 0 Å². The van der Waals surface area contributed by atoms with Crippen LogP contribution in [0.4, 0.5) is 5.69 Å². The van der Waals surface area contributed by atoms with Gasteiger partial charge in [-0.2, -0.15) is 0 Å². The minimum Gasteiger partial charge on any atom is -0.496 e. The highest BCUT2D eigenvalue weighted by atomic mass is 35.5. The number of carboxylic acids is 1. The number of carbonyl (C=O) groups excluding carboxylic acids is 2. The molecule has 6 nitrogen and oxygen atoms in total. The number of carbonyl (C=O) groups is 3. The van der Waals surface area contributed by atoms with E-state index < -0.39 is 11.9 Å². The summed E-state index contributed by atoms with van der Waals surface area (Å²) in [5, 5.41) is 11.8. The number of hydrogen-bond acceptors (Lipinski definition) is 4. The number of aryl methyl sites for hydroxylation is 2. The van der Waals surface area contributed by atoms with E-state index in [1.165, 1.54) is 19.2 Å². The Labute approximate surface area is 162 Å². The molecule has 0 radical (unpaired) electrons. The van der Waals surface area contributed by atoms with Crippen molar-refractivity contribution < 1.29 is 24.2 Å². The molecule has 0 saturated carbocycles. The second-order valence-corrected chi connectivity index (χ2v) is 6.52. The van der Waals surface area contributed by atoms with Crippen molar-refractivity contribution in [3.8, 4) is 5.75 Å². The van der Waals surface area contributed by atoms with Crippen molar-refractivity contribution in [2.45, 2.75) is 26.7 Å². The lowest BCUT2D eigenvalue weighted by Gasteiger charge is -2.11. The van der Waals surface area contributed by atoms with Gasteiger partial charge >= 0.3 is 5.97 Å². The van der Waals surface area contributed by atoms with Gasteiger partial charge in [0, 0.05) is 24.5 Å². The van der Waals surface area contributed by atoms with E-state index in [-0.39, 0.29) is 40.6 Å². The van der Waals surface area contributed by atoms with Gasteiger partial charge in [-0.1, -0.05) is 23.7 Å². The Morgan fingerprint density at radius 2 is 1.78 bits per heavy atom. The van der Waals surface area contributed by atoms with Gasteiger partial charge in [0.15, 0.2) is 5.78 Å². The van der Waals surface area contributed by atoms with Gasteiger partial charge in [0.1, 0.15) is 11.3 Å². The molecule has 2 rings (SSSR count). The fourth-order valence-electron chi connectivity index (χ4n) is 2.48. The number of nitrogens with one attached hydrogen (secondary N) is 1. The Bertz CT molecular complexity index is 907. The Balaban J connectivity index is 2.04. The lowest BCUT2D eigenvalue weighted by atomic mass is 10.0. The fraction of sp³-hybridized carbons (Fsp3) is 0.250. The fourth-order valence-corrected chi connectivity index (χ4v) is 2.70. The van der Waals surface area contributed by atoms with Crippen LogP contribution in [0.25, 0.3) is 0 Å². The molecule has 27 heavy (non-hydrogen) atoms. The van der Waals surface area contributed by atoms with Gasteiger partial charge in [0.25, 0.3) is 0 Å².